The summed E-state index contributed by atoms with van der Waals surface area (Å²) in [6.45, 7) is 3.94. The largest absolute Gasteiger partial charge is 0.319 e. The average molecular weight is 344 g/mol. The SMILES string of the molecule is CC(C)c1nc(C(=O)Nc2ccc(Cl)c(Br)c2)n[nH]1. The molecule has 0 fully saturated rings. The van der Waals surface area contributed by atoms with Crippen LogP contribution in [0.25, 0.3) is 0 Å². The molecule has 0 aliphatic rings. The van der Waals surface area contributed by atoms with Crippen molar-refractivity contribution in [3.05, 3.63) is 39.3 Å². The van der Waals surface area contributed by atoms with Crippen molar-refractivity contribution in [2.75, 3.05) is 5.32 Å². The molecule has 2 aromatic rings. The average Bonchev–Trinajstić information content (AvgIpc) is 2.83. The van der Waals surface area contributed by atoms with Crippen LogP contribution in [0.3, 0.4) is 0 Å². The number of nitrogens with one attached hydrogen (secondary N) is 2. The van der Waals surface area contributed by atoms with Crippen LogP contribution in [0.5, 0.6) is 0 Å². The van der Waals surface area contributed by atoms with Crippen molar-refractivity contribution in [3.63, 3.8) is 0 Å². The Hall–Kier alpha value is -1.40. The molecule has 1 heterocycles. The number of aromatic nitrogens is 3. The second-order valence-electron chi connectivity index (χ2n) is 4.28. The van der Waals surface area contributed by atoms with E-state index in [-0.39, 0.29) is 17.6 Å². The summed E-state index contributed by atoms with van der Waals surface area (Å²) >= 11 is 9.18. The molecule has 0 unspecified atom stereocenters. The molecule has 19 heavy (non-hydrogen) atoms. The number of anilines is 1. The maximum atomic E-state index is 11.9. The summed E-state index contributed by atoms with van der Waals surface area (Å²) in [5.41, 5.74) is 0.622. The summed E-state index contributed by atoms with van der Waals surface area (Å²) in [5.74, 6) is 0.633. The lowest BCUT2D eigenvalue weighted by atomic mass is 10.2. The van der Waals surface area contributed by atoms with E-state index in [0.717, 1.165) is 0 Å². The monoisotopic (exact) mass is 342 g/mol. The van der Waals surface area contributed by atoms with Gasteiger partial charge in [0.1, 0.15) is 5.82 Å². The van der Waals surface area contributed by atoms with Gasteiger partial charge >= 0.3 is 0 Å². The molecule has 1 aromatic heterocycles. The summed E-state index contributed by atoms with van der Waals surface area (Å²) in [6, 6.07) is 5.12. The number of hydrogen-bond acceptors (Lipinski definition) is 3. The van der Waals surface area contributed by atoms with Crippen LogP contribution in [0.1, 0.15) is 36.2 Å². The van der Waals surface area contributed by atoms with Crippen LogP contribution in [0.15, 0.2) is 22.7 Å². The molecule has 0 saturated carbocycles. The van der Waals surface area contributed by atoms with Crippen molar-refractivity contribution in [3.8, 4) is 0 Å². The maximum Gasteiger partial charge on any atom is 0.295 e. The lowest BCUT2D eigenvalue weighted by molar-refractivity contribution is 0.101. The summed E-state index contributed by atoms with van der Waals surface area (Å²) in [4.78, 5) is 16.1. The minimum atomic E-state index is -0.364. The van der Waals surface area contributed by atoms with E-state index >= 15 is 0 Å². The quantitative estimate of drug-likeness (QED) is 0.894. The Labute approximate surface area is 123 Å². The van der Waals surface area contributed by atoms with E-state index < -0.39 is 0 Å². The van der Waals surface area contributed by atoms with Crippen molar-refractivity contribution < 1.29 is 4.79 Å². The highest BCUT2D eigenvalue weighted by atomic mass is 79.9. The van der Waals surface area contributed by atoms with E-state index in [1.165, 1.54) is 0 Å². The Morgan fingerprint density at radius 1 is 1.47 bits per heavy atom. The third kappa shape index (κ3) is 3.33. The summed E-state index contributed by atoms with van der Waals surface area (Å²) in [6.07, 6.45) is 0. The first-order valence-corrected chi connectivity index (χ1v) is 6.83. The van der Waals surface area contributed by atoms with Crippen LogP contribution in [-0.2, 0) is 0 Å². The van der Waals surface area contributed by atoms with Gasteiger partial charge in [-0.3, -0.25) is 9.89 Å². The van der Waals surface area contributed by atoms with E-state index in [9.17, 15) is 4.79 Å². The Morgan fingerprint density at radius 2 is 2.21 bits per heavy atom. The molecule has 2 N–H and O–H groups in total. The molecule has 0 atom stereocenters. The van der Waals surface area contributed by atoms with E-state index in [1.54, 1.807) is 18.2 Å². The fraction of sp³-hybridized carbons (Fsp3) is 0.250. The second kappa shape index (κ2) is 5.71. The number of hydrogen-bond donors (Lipinski definition) is 2. The number of aromatic amines is 1. The fourth-order valence-electron chi connectivity index (χ4n) is 1.39. The molecule has 5 nitrogen and oxygen atoms in total. The highest BCUT2D eigenvalue weighted by molar-refractivity contribution is 9.10. The van der Waals surface area contributed by atoms with Gasteiger partial charge in [0.25, 0.3) is 5.91 Å². The predicted octanol–water partition coefficient (Wildman–Crippen LogP) is 3.60. The van der Waals surface area contributed by atoms with Crippen LogP contribution < -0.4 is 5.32 Å². The van der Waals surface area contributed by atoms with E-state index in [4.69, 9.17) is 11.6 Å². The van der Waals surface area contributed by atoms with Crippen molar-refractivity contribution >= 4 is 39.1 Å². The minimum absolute atomic E-state index is 0.120. The fourth-order valence-corrected chi connectivity index (χ4v) is 1.89. The van der Waals surface area contributed by atoms with E-state index in [1.807, 2.05) is 13.8 Å². The Kier molecular flexibility index (Phi) is 4.21. The Morgan fingerprint density at radius 3 is 2.79 bits per heavy atom. The standard InChI is InChI=1S/C12H12BrClN4O/c1-6(2)10-16-11(18-17-10)12(19)15-7-3-4-9(14)8(13)5-7/h3-6H,1-2H3,(H,15,19)(H,16,17,18). The number of H-pyrrole nitrogens is 1. The Bertz CT molecular complexity index is 612. The van der Waals surface area contributed by atoms with Gasteiger partial charge in [0, 0.05) is 16.1 Å². The smallest absolute Gasteiger partial charge is 0.295 e. The van der Waals surface area contributed by atoms with Gasteiger partial charge in [-0.25, -0.2) is 4.98 Å². The second-order valence-corrected chi connectivity index (χ2v) is 5.54. The zero-order chi connectivity index (χ0) is 14.0. The first-order chi connectivity index (χ1) is 8.97. The van der Waals surface area contributed by atoms with Gasteiger partial charge in [-0.1, -0.05) is 25.4 Å². The zero-order valence-corrected chi connectivity index (χ0v) is 12.7. The molecule has 0 spiro atoms. The molecule has 0 saturated heterocycles. The zero-order valence-electron chi connectivity index (χ0n) is 10.4. The van der Waals surface area contributed by atoms with Gasteiger partial charge in [-0.15, -0.1) is 5.10 Å². The number of nitrogens with zero attached hydrogens (tertiary/aromatic N) is 2. The van der Waals surface area contributed by atoms with Crippen molar-refractivity contribution in [1.82, 2.24) is 15.2 Å². The Balaban J connectivity index is 2.13. The molecule has 0 bridgehead atoms. The molecule has 2 rings (SSSR count). The highest BCUT2D eigenvalue weighted by Gasteiger charge is 2.14. The molecule has 0 radical (unpaired) electrons. The number of carbonyl (C=O) groups excluding carboxylic acids is 1. The lowest BCUT2D eigenvalue weighted by Gasteiger charge is -2.04. The molecular weight excluding hydrogens is 332 g/mol. The molecule has 1 aromatic carbocycles. The van der Waals surface area contributed by atoms with Crippen molar-refractivity contribution in [2.45, 2.75) is 19.8 Å². The predicted molar refractivity (Wildman–Crippen MR) is 77.6 cm³/mol. The molecule has 0 aliphatic carbocycles. The van der Waals surface area contributed by atoms with Crippen LogP contribution >= 0.6 is 27.5 Å². The van der Waals surface area contributed by atoms with Gasteiger partial charge in [-0.05, 0) is 34.1 Å². The molecule has 0 aliphatic heterocycles. The van der Waals surface area contributed by atoms with Gasteiger partial charge in [0.05, 0.1) is 5.02 Å². The number of rotatable bonds is 3. The maximum absolute atomic E-state index is 11.9. The van der Waals surface area contributed by atoms with Gasteiger partial charge in [0.2, 0.25) is 5.82 Å². The first kappa shape index (κ1) is 14.0. The highest BCUT2D eigenvalue weighted by Crippen LogP contribution is 2.25. The first-order valence-electron chi connectivity index (χ1n) is 5.66. The molecule has 100 valence electrons. The normalized spacial score (nSPS) is 10.8. The van der Waals surface area contributed by atoms with E-state index in [2.05, 4.69) is 36.4 Å². The summed E-state index contributed by atoms with van der Waals surface area (Å²) in [5, 5.41) is 9.92. The van der Waals surface area contributed by atoms with Gasteiger partial charge < -0.3 is 5.32 Å². The summed E-state index contributed by atoms with van der Waals surface area (Å²) in [7, 11) is 0. The third-order valence-corrected chi connectivity index (χ3v) is 3.64. The summed E-state index contributed by atoms with van der Waals surface area (Å²) < 4.78 is 0.713. The van der Waals surface area contributed by atoms with E-state index in [0.29, 0.717) is 21.0 Å². The van der Waals surface area contributed by atoms with Crippen molar-refractivity contribution in [1.29, 1.82) is 0 Å². The minimum Gasteiger partial charge on any atom is -0.319 e. The van der Waals surface area contributed by atoms with Crippen LogP contribution in [0, 0.1) is 0 Å². The van der Waals surface area contributed by atoms with Gasteiger partial charge in [-0.2, -0.15) is 0 Å². The van der Waals surface area contributed by atoms with Crippen LogP contribution in [0.2, 0.25) is 5.02 Å². The topological polar surface area (TPSA) is 70.7 Å². The van der Waals surface area contributed by atoms with Crippen LogP contribution in [0.4, 0.5) is 5.69 Å². The lowest BCUT2D eigenvalue weighted by Crippen LogP contribution is -2.13. The van der Waals surface area contributed by atoms with Crippen LogP contribution in [-0.4, -0.2) is 21.1 Å². The number of benzene rings is 1. The molecule has 1 amide bonds. The number of carbonyl (C=O) groups is 1. The number of halogens is 2. The molecule has 7 heteroatoms. The number of amides is 1. The van der Waals surface area contributed by atoms with Crippen molar-refractivity contribution in [2.24, 2.45) is 0 Å². The molecular formula is C12H12BrClN4O. The third-order valence-electron chi connectivity index (χ3n) is 2.43. The van der Waals surface area contributed by atoms with Gasteiger partial charge in [0.15, 0.2) is 0 Å².